The fourth-order valence-corrected chi connectivity index (χ4v) is 3.07. The molecule has 0 aliphatic carbocycles. The van der Waals surface area contributed by atoms with Crippen LogP contribution >= 0.6 is 0 Å². The van der Waals surface area contributed by atoms with Crippen LogP contribution in [0.2, 0.25) is 0 Å². The van der Waals surface area contributed by atoms with Crippen molar-refractivity contribution in [2.45, 2.75) is 52.0 Å². The third-order valence-corrected chi connectivity index (χ3v) is 4.55. The maximum atomic E-state index is 12.4. The lowest BCUT2D eigenvalue weighted by Crippen LogP contribution is -2.37. The topological polar surface area (TPSA) is 114 Å². The standard InChI is InChI=1S/C18H24N6O3/c1-12-10-20-15(11-19-12)18(26)22-14-4-3-8-24(9-7-14)17(25)6-5-16-21-13(2)23-27-16/h10-11,14H,3-9H2,1-2H3,(H,22,26)/t14-/m0/s1. The van der Waals surface area contributed by atoms with E-state index in [2.05, 4.69) is 25.4 Å². The Morgan fingerprint density at radius 3 is 2.78 bits per heavy atom. The number of amides is 2. The van der Waals surface area contributed by atoms with E-state index in [1.54, 1.807) is 13.1 Å². The van der Waals surface area contributed by atoms with E-state index in [0.717, 1.165) is 25.0 Å². The summed E-state index contributed by atoms with van der Waals surface area (Å²) in [6, 6.07) is 0.0250. The van der Waals surface area contributed by atoms with Crippen LogP contribution in [-0.4, -0.2) is 56.0 Å². The monoisotopic (exact) mass is 372 g/mol. The molecular weight excluding hydrogens is 348 g/mol. The summed E-state index contributed by atoms with van der Waals surface area (Å²) >= 11 is 0. The molecule has 144 valence electrons. The number of carbonyl (C=O) groups is 2. The molecule has 1 atom stereocenters. The molecule has 9 nitrogen and oxygen atoms in total. The van der Waals surface area contributed by atoms with Gasteiger partial charge in [0.25, 0.3) is 5.91 Å². The maximum Gasteiger partial charge on any atom is 0.271 e. The number of hydrogen-bond acceptors (Lipinski definition) is 7. The second-order valence-electron chi connectivity index (χ2n) is 6.76. The second kappa shape index (κ2) is 8.70. The number of rotatable bonds is 5. The van der Waals surface area contributed by atoms with E-state index in [1.807, 2.05) is 11.8 Å². The van der Waals surface area contributed by atoms with Gasteiger partial charge < -0.3 is 14.7 Å². The number of hydrogen-bond donors (Lipinski definition) is 1. The van der Waals surface area contributed by atoms with Crippen molar-refractivity contribution < 1.29 is 14.1 Å². The molecule has 1 aliphatic heterocycles. The summed E-state index contributed by atoms with van der Waals surface area (Å²) < 4.78 is 5.05. The van der Waals surface area contributed by atoms with Crippen LogP contribution in [0.5, 0.6) is 0 Å². The second-order valence-corrected chi connectivity index (χ2v) is 6.76. The summed E-state index contributed by atoms with van der Waals surface area (Å²) in [6.45, 7) is 4.88. The van der Waals surface area contributed by atoms with Gasteiger partial charge in [0.05, 0.1) is 11.9 Å². The van der Waals surface area contributed by atoms with Crippen molar-refractivity contribution in [3.63, 3.8) is 0 Å². The zero-order chi connectivity index (χ0) is 19.2. The van der Waals surface area contributed by atoms with Gasteiger partial charge >= 0.3 is 0 Å². The molecule has 1 fully saturated rings. The molecule has 3 rings (SSSR count). The first-order valence-corrected chi connectivity index (χ1v) is 9.18. The van der Waals surface area contributed by atoms with Gasteiger partial charge in [-0.05, 0) is 33.1 Å². The third-order valence-electron chi connectivity index (χ3n) is 4.55. The summed E-state index contributed by atoms with van der Waals surface area (Å²) in [5.74, 6) is 0.908. The normalized spacial score (nSPS) is 17.4. The van der Waals surface area contributed by atoms with Gasteiger partial charge in [-0.1, -0.05) is 5.16 Å². The number of carbonyl (C=O) groups excluding carboxylic acids is 2. The van der Waals surface area contributed by atoms with Crippen LogP contribution in [0.15, 0.2) is 16.9 Å². The fourth-order valence-electron chi connectivity index (χ4n) is 3.07. The van der Waals surface area contributed by atoms with Crippen LogP contribution in [0.3, 0.4) is 0 Å². The molecule has 1 aliphatic rings. The summed E-state index contributed by atoms with van der Waals surface area (Å²) in [4.78, 5) is 38.9. The van der Waals surface area contributed by atoms with Gasteiger partial charge in [0.15, 0.2) is 5.82 Å². The number of nitrogens with zero attached hydrogens (tertiary/aromatic N) is 5. The highest BCUT2D eigenvalue weighted by Gasteiger charge is 2.22. The minimum absolute atomic E-state index is 0.0250. The van der Waals surface area contributed by atoms with Crippen molar-refractivity contribution in [3.05, 3.63) is 35.5 Å². The van der Waals surface area contributed by atoms with Crippen molar-refractivity contribution in [2.24, 2.45) is 0 Å². The Bertz CT molecular complexity index is 789. The molecule has 0 saturated carbocycles. The van der Waals surface area contributed by atoms with E-state index in [0.29, 0.717) is 43.3 Å². The van der Waals surface area contributed by atoms with Crippen LogP contribution in [0.4, 0.5) is 0 Å². The summed E-state index contributed by atoms with van der Waals surface area (Å²) in [7, 11) is 0. The zero-order valence-corrected chi connectivity index (χ0v) is 15.6. The van der Waals surface area contributed by atoms with Gasteiger partial charge in [-0.25, -0.2) is 4.98 Å². The Labute approximate surface area is 157 Å². The fraction of sp³-hybridized carbons (Fsp3) is 0.556. The SMILES string of the molecule is Cc1cnc(C(=O)N[C@H]2CCCN(C(=O)CCc3nc(C)no3)CC2)cn1. The van der Waals surface area contributed by atoms with Crippen molar-refractivity contribution in [2.75, 3.05) is 13.1 Å². The molecule has 1 N–H and O–H groups in total. The van der Waals surface area contributed by atoms with Crippen molar-refractivity contribution in [3.8, 4) is 0 Å². The van der Waals surface area contributed by atoms with E-state index in [1.165, 1.54) is 6.20 Å². The van der Waals surface area contributed by atoms with E-state index in [-0.39, 0.29) is 17.9 Å². The van der Waals surface area contributed by atoms with Crippen LogP contribution in [0, 0.1) is 13.8 Å². The van der Waals surface area contributed by atoms with Gasteiger partial charge in [0.1, 0.15) is 5.69 Å². The average molecular weight is 372 g/mol. The lowest BCUT2D eigenvalue weighted by atomic mass is 10.1. The predicted octanol–water partition coefficient (Wildman–Crippen LogP) is 1.22. The molecule has 0 spiro atoms. The van der Waals surface area contributed by atoms with Crippen LogP contribution < -0.4 is 5.32 Å². The van der Waals surface area contributed by atoms with E-state index in [4.69, 9.17) is 4.52 Å². The highest BCUT2D eigenvalue weighted by atomic mass is 16.5. The van der Waals surface area contributed by atoms with E-state index < -0.39 is 0 Å². The molecule has 1 saturated heterocycles. The van der Waals surface area contributed by atoms with E-state index >= 15 is 0 Å². The summed E-state index contributed by atoms with van der Waals surface area (Å²) in [5, 5.41) is 6.73. The molecule has 3 heterocycles. The smallest absolute Gasteiger partial charge is 0.271 e. The molecule has 0 radical (unpaired) electrons. The van der Waals surface area contributed by atoms with Crippen LogP contribution in [-0.2, 0) is 11.2 Å². The molecule has 0 aromatic carbocycles. The lowest BCUT2D eigenvalue weighted by Gasteiger charge is -2.20. The quantitative estimate of drug-likeness (QED) is 0.839. The molecular formula is C18H24N6O3. The van der Waals surface area contributed by atoms with Gasteiger partial charge in [-0.15, -0.1) is 0 Å². The van der Waals surface area contributed by atoms with Crippen molar-refractivity contribution >= 4 is 11.8 Å². The molecule has 2 aromatic rings. The highest BCUT2D eigenvalue weighted by molar-refractivity contribution is 5.92. The molecule has 0 unspecified atom stereocenters. The van der Waals surface area contributed by atoms with Crippen molar-refractivity contribution in [1.82, 2.24) is 30.3 Å². The Morgan fingerprint density at radius 2 is 2.07 bits per heavy atom. The Balaban J connectivity index is 1.47. The van der Waals surface area contributed by atoms with E-state index in [9.17, 15) is 9.59 Å². The first-order valence-electron chi connectivity index (χ1n) is 9.18. The number of aromatic nitrogens is 4. The first-order chi connectivity index (χ1) is 13.0. The Kier molecular flexibility index (Phi) is 6.10. The minimum Gasteiger partial charge on any atom is -0.348 e. The lowest BCUT2D eigenvalue weighted by molar-refractivity contribution is -0.131. The number of likely N-dealkylation sites (tertiary alicyclic amines) is 1. The van der Waals surface area contributed by atoms with Crippen molar-refractivity contribution in [1.29, 1.82) is 0 Å². The first kappa shape index (κ1) is 18.9. The number of aryl methyl sites for hydroxylation is 3. The molecule has 27 heavy (non-hydrogen) atoms. The summed E-state index contributed by atoms with van der Waals surface area (Å²) in [5.41, 5.74) is 1.08. The molecule has 2 amide bonds. The Morgan fingerprint density at radius 1 is 1.22 bits per heavy atom. The number of nitrogens with one attached hydrogen (secondary N) is 1. The molecule has 9 heteroatoms. The van der Waals surface area contributed by atoms with Gasteiger partial charge in [-0.2, -0.15) is 4.98 Å². The predicted molar refractivity (Wildman–Crippen MR) is 95.8 cm³/mol. The summed E-state index contributed by atoms with van der Waals surface area (Å²) in [6.07, 6.45) is 6.24. The average Bonchev–Trinajstić information content (AvgIpc) is 2.93. The third kappa shape index (κ3) is 5.32. The zero-order valence-electron chi connectivity index (χ0n) is 15.6. The minimum atomic E-state index is -0.223. The van der Waals surface area contributed by atoms with Gasteiger partial charge in [0, 0.05) is 38.2 Å². The maximum absolute atomic E-state index is 12.4. The molecule has 2 aromatic heterocycles. The highest BCUT2D eigenvalue weighted by Crippen LogP contribution is 2.13. The van der Waals surface area contributed by atoms with Crippen LogP contribution in [0.1, 0.15) is 53.6 Å². The molecule has 0 bridgehead atoms. The van der Waals surface area contributed by atoms with Gasteiger partial charge in [-0.3, -0.25) is 14.6 Å². The Hall–Kier alpha value is -2.84. The van der Waals surface area contributed by atoms with Crippen LogP contribution in [0.25, 0.3) is 0 Å². The van der Waals surface area contributed by atoms with Gasteiger partial charge in [0.2, 0.25) is 11.8 Å². The largest absolute Gasteiger partial charge is 0.348 e.